The first-order valence-electron chi connectivity index (χ1n) is 9.14. The van der Waals surface area contributed by atoms with Crippen LogP contribution in [0.3, 0.4) is 0 Å². The van der Waals surface area contributed by atoms with Crippen LogP contribution < -0.4 is 5.73 Å². The maximum Gasteiger partial charge on any atom is 0.223 e. The fraction of sp³-hybridized carbons (Fsp3) is 0.944. The Morgan fingerprint density at radius 3 is 2.68 bits per heavy atom. The van der Waals surface area contributed by atoms with Crippen LogP contribution in [0.1, 0.15) is 65.2 Å². The molecule has 1 amide bonds. The van der Waals surface area contributed by atoms with Crippen molar-refractivity contribution < 1.29 is 9.53 Å². The van der Waals surface area contributed by atoms with Crippen molar-refractivity contribution in [3.05, 3.63) is 0 Å². The van der Waals surface area contributed by atoms with Gasteiger partial charge in [-0.25, -0.2) is 0 Å². The molecule has 0 radical (unpaired) electrons. The third kappa shape index (κ3) is 4.95. The summed E-state index contributed by atoms with van der Waals surface area (Å²) >= 11 is 0. The van der Waals surface area contributed by atoms with Crippen LogP contribution in [0.25, 0.3) is 0 Å². The smallest absolute Gasteiger partial charge is 0.223 e. The van der Waals surface area contributed by atoms with E-state index in [-0.39, 0.29) is 11.5 Å². The molecule has 128 valence electrons. The Hall–Kier alpha value is -0.610. The van der Waals surface area contributed by atoms with Gasteiger partial charge in [0.15, 0.2) is 0 Å². The first kappa shape index (κ1) is 17.7. The van der Waals surface area contributed by atoms with E-state index in [1.807, 2.05) is 4.90 Å². The lowest BCUT2D eigenvalue weighted by molar-refractivity contribution is -0.133. The molecule has 0 spiro atoms. The lowest BCUT2D eigenvalue weighted by Gasteiger charge is -2.36. The number of rotatable bonds is 7. The van der Waals surface area contributed by atoms with Gasteiger partial charge in [0.1, 0.15) is 0 Å². The van der Waals surface area contributed by atoms with Crippen LogP contribution >= 0.6 is 0 Å². The van der Waals surface area contributed by atoms with Crippen LogP contribution in [-0.2, 0) is 9.53 Å². The molecule has 1 atom stereocenters. The normalized spacial score (nSPS) is 24.9. The van der Waals surface area contributed by atoms with Crippen LogP contribution in [0.2, 0.25) is 0 Å². The van der Waals surface area contributed by atoms with Crippen molar-refractivity contribution in [2.24, 2.45) is 17.1 Å². The number of nitrogens with two attached hydrogens (primary N) is 1. The second-order valence-corrected chi connectivity index (χ2v) is 7.75. The van der Waals surface area contributed by atoms with E-state index in [2.05, 4.69) is 13.8 Å². The molecule has 2 N–H and O–H groups in total. The van der Waals surface area contributed by atoms with Gasteiger partial charge in [0.05, 0.1) is 6.10 Å². The number of amides is 1. The molecule has 2 rings (SSSR count). The van der Waals surface area contributed by atoms with Crippen LogP contribution in [0, 0.1) is 11.3 Å². The summed E-state index contributed by atoms with van der Waals surface area (Å²) in [6, 6.07) is 0. The van der Waals surface area contributed by atoms with E-state index in [4.69, 9.17) is 10.5 Å². The molecule has 1 saturated heterocycles. The fourth-order valence-corrected chi connectivity index (χ4v) is 3.75. The van der Waals surface area contributed by atoms with Gasteiger partial charge in [-0.05, 0) is 43.6 Å². The monoisotopic (exact) mass is 310 g/mol. The highest BCUT2D eigenvalue weighted by molar-refractivity contribution is 5.77. The maximum atomic E-state index is 12.6. The number of carbonyl (C=O) groups is 1. The second kappa shape index (κ2) is 8.30. The Kier molecular flexibility index (Phi) is 6.69. The number of likely N-dealkylation sites (tertiary alicyclic amines) is 1. The molecule has 0 aromatic rings. The predicted molar refractivity (Wildman–Crippen MR) is 89.6 cm³/mol. The molecule has 4 heteroatoms. The zero-order valence-electron chi connectivity index (χ0n) is 14.5. The molecule has 2 aliphatic rings. The summed E-state index contributed by atoms with van der Waals surface area (Å²) in [4.78, 5) is 14.6. The highest BCUT2D eigenvalue weighted by Gasteiger charge is 2.36. The average molecular weight is 310 g/mol. The summed E-state index contributed by atoms with van der Waals surface area (Å²) in [5, 5.41) is 0. The molecule has 1 aliphatic heterocycles. The molecule has 2 fully saturated rings. The van der Waals surface area contributed by atoms with Crippen molar-refractivity contribution in [2.75, 3.05) is 26.2 Å². The van der Waals surface area contributed by atoms with E-state index in [0.29, 0.717) is 24.8 Å². The Balaban J connectivity index is 1.76. The van der Waals surface area contributed by atoms with Crippen LogP contribution in [0.5, 0.6) is 0 Å². The third-order valence-electron chi connectivity index (χ3n) is 5.42. The first-order valence-corrected chi connectivity index (χ1v) is 9.14. The minimum absolute atomic E-state index is 0.0753. The SMILES string of the molecule is CC(C)CCOC1CCN(C(=O)CC2(CN)CCCCC2)C1. The van der Waals surface area contributed by atoms with Gasteiger partial charge < -0.3 is 15.4 Å². The van der Waals surface area contributed by atoms with Crippen molar-refractivity contribution in [1.29, 1.82) is 0 Å². The summed E-state index contributed by atoms with van der Waals surface area (Å²) in [6.07, 6.45) is 8.96. The van der Waals surface area contributed by atoms with Crippen molar-refractivity contribution in [1.82, 2.24) is 4.90 Å². The van der Waals surface area contributed by atoms with E-state index >= 15 is 0 Å². The Morgan fingerprint density at radius 2 is 2.05 bits per heavy atom. The lowest BCUT2D eigenvalue weighted by atomic mass is 9.71. The minimum Gasteiger partial charge on any atom is -0.376 e. The van der Waals surface area contributed by atoms with Crippen molar-refractivity contribution >= 4 is 5.91 Å². The number of carbonyl (C=O) groups excluding carboxylic acids is 1. The number of hydrogen-bond acceptors (Lipinski definition) is 3. The zero-order chi connectivity index (χ0) is 16.0. The average Bonchev–Trinajstić information content (AvgIpc) is 2.97. The molecule has 0 bridgehead atoms. The van der Waals surface area contributed by atoms with E-state index < -0.39 is 0 Å². The molecular weight excluding hydrogens is 276 g/mol. The zero-order valence-corrected chi connectivity index (χ0v) is 14.5. The first-order chi connectivity index (χ1) is 10.5. The van der Waals surface area contributed by atoms with Gasteiger partial charge >= 0.3 is 0 Å². The molecule has 0 aromatic carbocycles. The van der Waals surface area contributed by atoms with Crippen molar-refractivity contribution in [3.8, 4) is 0 Å². The van der Waals surface area contributed by atoms with E-state index in [9.17, 15) is 4.79 Å². The molecule has 1 aliphatic carbocycles. The van der Waals surface area contributed by atoms with Crippen molar-refractivity contribution in [3.63, 3.8) is 0 Å². The van der Waals surface area contributed by atoms with E-state index in [1.54, 1.807) is 0 Å². The molecule has 1 unspecified atom stereocenters. The number of hydrogen-bond donors (Lipinski definition) is 1. The van der Waals surface area contributed by atoms with E-state index in [1.165, 1.54) is 19.3 Å². The highest BCUT2D eigenvalue weighted by atomic mass is 16.5. The molecule has 4 nitrogen and oxygen atoms in total. The molecule has 22 heavy (non-hydrogen) atoms. The maximum absolute atomic E-state index is 12.6. The molecular formula is C18H34N2O2. The van der Waals surface area contributed by atoms with Gasteiger partial charge in [0.2, 0.25) is 5.91 Å². The topological polar surface area (TPSA) is 55.6 Å². The van der Waals surface area contributed by atoms with Crippen LogP contribution in [0.4, 0.5) is 0 Å². The Morgan fingerprint density at radius 1 is 1.32 bits per heavy atom. The molecule has 1 saturated carbocycles. The van der Waals surface area contributed by atoms with Gasteiger partial charge in [-0.3, -0.25) is 4.79 Å². The van der Waals surface area contributed by atoms with Gasteiger partial charge in [-0.2, -0.15) is 0 Å². The van der Waals surface area contributed by atoms with Gasteiger partial charge in [-0.15, -0.1) is 0 Å². The second-order valence-electron chi connectivity index (χ2n) is 7.75. The lowest BCUT2D eigenvalue weighted by Crippen LogP contribution is -2.40. The largest absolute Gasteiger partial charge is 0.376 e. The van der Waals surface area contributed by atoms with Crippen LogP contribution in [-0.4, -0.2) is 43.2 Å². The molecule has 0 aromatic heterocycles. The summed E-state index contributed by atoms with van der Waals surface area (Å²) in [7, 11) is 0. The number of nitrogens with zero attached hydrogens (tertiary/aromatic N) is 1. The summed E-state index contributed by atoms with van der Waals surface area (Å²) in [6.45, 7) is 7.52. The highest BCUT2D eigenvalue weighted by Crippen LogP contribution is 2.39. The minimum atomic E-state index is 0.0753. The van der Waals surface area contributed by atoms with E-state index in [0.717, 1.165) is 45.4 Å². The Labute approximate surface area is 135 Å². The summed E-state index contributed by atoms with van der Waals surface area (Å²) in [5.74, 6) is 0.970. The van der Waals surface area contributed by atoms with Crippen molar-refractivity contribution in [2.45, 2.75) is 71.3 Å². The fourth-order valence-electron chi connectivity index (χ4n) is 3.75. The number of ether oxygens (including phenoxy) is 1. The summed E-state index contributed by atoms with van der Waals surface area (Å²) < 4.78 is 5.92. The van der Waals surface area contributed by atoms with Gasteiger partial charge in [-0.1, -0.05) is 33.1 Å². The van der Waals surface area contributed by atoms with Gasteiger partial charge in [0.25, 0.3) is 0 Å². The standard InChI is InChI=1S/C18H34N2O2/c1-15(2)7-11-22-16-6-10-20(13-16)17(21)12-18(14-19)8-4-3-5-9-18/h15-16H,3-14,19H2,1-2H3. The van der Waals surface area contributed by atoms with Gasteiger partial charge in [0, 0.05) is 26.1 Å². The Bertz CT molecular complexity index is 351. The quantitative estimate of drug-likeness (QED) is 0.786. The van der Waals surface area contributed by atoms with Crippen LogP contribution in [0.15, 0.2) is 0 Å². The predicted octanol–water partition coefficient (Wildman–Crippen LogP) is 2.95. The third-order valence-corrected chi connectivity index (χ3v) is 5.42. The summed E-state index contributed by atoms with van der Waals surface area (Å²) in [5.41, 5.74) is 6.09. The molecule has 1 heterocycles.